The second-order valence-corrected chi connectivity index (χ2v) is 10.4. The van der Waals surface area contributed by atoms with Crippen molar-refractivity contribution in [3.05, 3.63) is 0 Å². The van der Waals surface area contributed by atoms with Crippen LogP contribution in [0.4, 0.5) is 0 Å². The highest BCUT2D eigenvalue weighted by atomic mass is 16.1. The van der Waals surface area contributed by atoms with E-state index in [0.717, 1.165) is 31.6 Å². The zero-order chi connectivity index (χ0) is 22.8. The van der Waals surface area contributed by atoms with Crippen molar-refractivity contribution in [2.75, 3.05) is 0 Å². The molecule has 0 aliphatic heterocycles. The average molecular weight is 437 g/mol. The van der Waals surface area contributed by atoms with Crippen molar-refractivity contribution in [2.24, 2.45) is 5.92 Å². The molecule has 0 fully saturated rings. The molecule has 0 radical (unpaired) electrons. The van der Waals surface area contributed by atoms with E-state index < -0.39 is 0 Å². The van der Waals surface area contributed by atoms with Crippen LogP contribution in [0.5, 0.6) is 0 Å². The molecule has 0 aliphatic rings. The molecule has 0 amide bonds. The van der Waals surface area contributed by atoms with Crippen molar-refractivity contribution in [1.82, 2.24) is 0 Å². The number of hydrogen-bond donors (Lipinski definition) is 0. The maximum absolute atomic E-state index is 12.1. The minimum Gasteiger partial charge on any atom is -0.300 e. The summed E-state index contributed by atoms with van der Waals surface area (Å²) in [6.45, 7) is 6.95. The van der Waals surface area contributed by atoms with Gasteiger partial charge in [-0.25, -0.2) is 0 Å². The largest absolute Gasteiger partial charge is 0.300 e. The van der Waals surface area contributed by atoms with Gasteiger partial charge >= 0.3 is 0 Å². The monoisotopic (exact) mass is 436 g/mol. The van der Waals surface area contributed by atoms with Gasteiger partial charge in [-0.1, -0.05) is 156 Å². The number of Topliss-reactive ketones (excluding diaryl/α,β-unsaturated/α-hetero) is 1. The standard InChI is InChI=1S/C30H60O/c1-4-6-8-10-12-14-15-16-17-18-20-22-25-29(3)26-24-28-30(31)27-23-21-19-13-11-9-7-5-2/h29H,4-28H2,1-3H3. The third-order valence-corrected chi connectivity index (χ3v) is 7.01. The van der Waals surface area contributed by atoms with Crippen LogP contribution in [-0.2, 0) is 4.79 Å². The maximum Gasteiger partial charge on any atom is 0.132 e. The van der Waals surface area contributed by atoms with E-state index in [1.165, 1.54) is 135 Å². The SMILES string of the molecule is CCCCCCCCCCCCCCC(C)CCCC(=O)CCCCCCCCCC. The Kier molecular flexibility index (Phi) is 25.7. The van der Waals surface area contributed by atoms with Crippen molar-refractivity contribution in [3.8, 4) is 0 Å². The summed E-state index contributed by atoms with van der Waals surface area (Å²) in [5.41, 5.74) is 0. The number of ketones is 1. The number of rotatable bonds is 26. The second-order valence-electron chi connectivity index (χ2n) is 10.4. The summed E-state index contributed by atoms with van der Waals surface area (Å²) in [6.07, 6.45) is 33.2. The summed E-state index contributed by atoms with van der Waals surface area (Å²) in [6, 6.07) is 0. The molecular weight excluding hydrogens is 376 g/mol. The van der Waals surface area contributed by atoms with Crippen LogP contribution in [0, 0.1) is 5.92 Å². The van der Waals surface area contributed by atoms with E-state index in [4.69, 9.17) is 0 Å². The number of hydrogen-bond acceptors (Lipinski definition) is 1. The Morgan fingerprint density at radius 1 is 0.452 bits per heavy atom. The minimum absolute atomic E-state index is 0.517. The molecule has 0 saturated carbocycles. The van der Waals surface area contributed by atoms with Crippen molar-refractivity contribution in [3.63, 3.8) is 0 Å². The van der Waals surface area contributed by atoms with Gasteiger partial charge in [-0.15, -0.1) is 0 Å². The predicted octanol–water partition coefficient (Wildman–Crippen LogP) is 11.0. The van der Waals surface area contributed by atoms with Gasteiger partial charge in [-0.2, -0.15) is 0 Å². The van der Waals surface area contributed by atoms with Crippen LogP contribution in [0.2, 0.25) is 0 Å². The Bertz CT molecular complexity index is 348. The van der Waals surface area contributed by atoms with Gasteiger partial charge < -0.3 is 0 Å². The number of unbranched alkanes of at least 4 members (excludes halogenated alkanes) is 18. The van der Waals surface area contributed by atoms with Crippen LogP contribution in [0.25, 0.3) is 0 Å². The molecule has 1 nitrogen and oxygen atoms in total. The average Bonchev–Trinajstić information content (AvgIpc) is 2.76. The normalized spacial score (nSPS) is 12.4. The summed E-state index contributed by atoms with van der Waals surface area (Å²) in [5.74, 6) is 1.32. The van der Waals surface area contributed by atoms with Crippen molar-refractivity contribution >= 4 is 5.78 Å². The molecule has 186 valence electrons. The van der Waals surface area contributed by atoms with E-state index >= 15 is 0 Å². The van der Waals surface area contributed by atoms with Gasteiger partial charge in [0.25, 0.3) is 0 Å². The van der Waals surface area contributed by atoms with E-state index in [0.29, 0.717) is 5.78 Å². The highest BCUT2D eigenvalue weighted by Gasteiger charge is 2.06. The van der Waals surface area contributed by atoms with E-state index in [1.807, 2.05) is 0 Å². The molecule has 1 heteroatoms. The van der Waals surface area contributed by atoms with E-state index in [-0.39, 0.29) is 0 Å². The lowest BCUT2D eigenvalue weighted by molar-refractivity contribution is -0.119. The molecule has 0 aromatic heterocycles. The van der Waals surface area contributed by atoms with Crippen LogP contribution < -0.4 is 0 Å². The summed E-state index contributed by atoms with van der Waals surface area (Å²) >= 11 is 0. The van der Waals surface area contributed by atoms with Gasteiger partial charge in [0.05, 0.1) is 0 Å². The molecule has 0 aromatic rings. The summed E-state index contributed by atoms with van der Waals surface area (Å²) in [7, 11) is 0. The molecule has 0 spiro atoms. The molecule has 31 heavy (non-hydrogen) atoms. The molecule has 1 atom stereocenters. The van der Waals surface area contributed by atoms with E-state index in [2.05, 4.69) is 20.8 Å². The van der Waals surface area contributed by atoms with Crippen molar-refractivity contribution < 1.29 is 4.79 Å². The fourth-order valence-corrected chi connectivity index (χ4v) is 4.71. The molecule has 0 N–H and O–H groups in total. The predicted molar refractivity (Wildman–Crippen MR) is 141 cm³/mol. The lowest BCUT2D eigenvalue weighted by atomic mass is 9.95. The van der Waals surface area contributed by atoms with Crippen molar-refractivity contribution in [2.45, 2.75) is 181 Å². The molecule has 1 unspecified atom stereocenters. The Balaban J connectivity index is 3.28. The highest BCUT2D eigenvalue weighted by molar-refractivity contribution is 5.78. The molecule has 0 heterocycles. The summed E-state index contributed by atoms with van der Waals surface area (Å²) in [5, 5.41) is 0. The Labute approximate surface area is 197 Å². The Morgan fingerprint density at radius 2 is 0.774 bits per heavy atom. The van der Waals surface area contributed by atoms with Crippen LogP contribution in [0.3, 0.4) is 0 Å². The first-order chi connectivity index (χ1) is 15.2. The Morgan fingerprint density at radius 3 is 1.23 bits per heavy atom. The first-order valence-electron chi connectivity index (χ1n) is 14.7. The van der Waals surface area contributed by atoms with Crippen LogP contribution in [0.1, 0.15) is 181 Å². The lowest BCUT2D eigenvalue weighted by Gasteiger charge is -2.11. The first kappa shape index (κ1) is 30.7. The summed E-state index contributed by atoms with van der Waals surface area (Å²) < 4.78 is 0. The molecule has 0 aliphatic carbocycles. The Hall–Kier alpha value is -0.330. The number of carbonyl (C=O) groups is 1. The van der Waals surface area contributed by atoms with Crippen LogP contribution >= 0.6 is 0 Å². The molecular formula is C30H60O. The smallest absolute Gasteiger partial charge is 0.132 e. The third kappa shape index (κ3) is 25.8. The topological polar surface area (TPSA) is 17.1 Å². The van der Waals surface area contributed by atoms with Crippen LogP contribution in [0.15, 0.2) is 0 Å². The molecule has 0 saturated heterocycles. The summed E-state index contributed by atoms with van der Waals surface area (Å²) in [4.78, 5) is 12.1. The first-order valence-corrected chi connectivity index (χ1v) is 14.7. The molecule has 0 aromatic carbocycles. The van der Waals surface area contributed by atoms with Gasteiger partial charge in [-0.05, 0) is 18.8 Å². The van der Waals surface area contributed by atoms with Gasteiger partial charge in [0, 0.05) is 12.8 Å². The fourth-order valence-electron chi connectivity index (χ4n) is 4.71. The highest BCUT2D eigenvalue weighted by Crippen LogP contribution is 2.18. The van der Waals surface area contributed by atoms with Gasteiger partial charge in [0.1, 0.15) is 5.78 Å². The zero-order valence-electron chi connectivity index (χ0n) is 22.2. The van der Waals surface area contributed by atoms with Gasteiger partial charge in [0.15, 0.2) is 0 Å². The quantitative estimate of drug-likeness (QED) is 0.123. The maximum atomic E-state index is 12.1. The van der Waals surface area contributed by atoms with Gasteiger partial charge in [-0.3, -0.25) is 4.79 Å². The molecule has 0 rings (SSSR count). The second kappa shape index (κ2) is 25.9. The lowest BCUT2D eigenvalue weighted by Crippen LogP contribution is -2.01. The van der Waals surface area contributed by atoms with Crippen molar-refractivity contribution in [1.29, 1.82) is 0 Å². The van der Waals surface area contributed by atoms with E-state index in [1.54, 1.807) is 0 Å². The van der Waals surface area contributed by atoms with E-state index in [9.17, 15) is 4.79 Å². The fraction of sp³-hybridized carbons (Fsp3) is 0.967. The minimum atomic E-state index is 0.517. The third-order valence-electron chi connectivity index (χ3n) is 7.01. The number of carbonyl (C=O) groups excluding carboxylic acids is 1. The van der Waals surface area contributed by atoms with Gasteiger partial charge in [0.2, 0.25) is 0 Å². The van der Waals surface area contributed by atoms with Crippen LogP contribution in [-0.4, -0.2) is 5.78 Å². The molecule has 0 bridgehead atoms. The zero-order valence-corrected chi connectivity index (χ0v) is 22.2.